The van der Waals surface area contributed by atoms with Gasteiger partial charge in [-0.05, 0) is 24.3 Å². The molecule has 0 aromatic heterocycles. The molecule has 2 fully saturated rings. The Kier molecular flexibility index (Phi) is 6.08. The van der Waals surface area contributed by atoms with Crippen LogP contribution in [0.5, 0.6) is 0 Å². The minimum atomic E-state index is -0.333. The van der Waals surface area contributed by atoms with Gasteiger partial charge in [0.15, 0.2) is 0 Å². The van der Waals surface area contributed by atoms with E-state index in [1.54, 1.807) is 0 Å². The summed E-state index contributed by atoms with van der Waals surface area (Å²) in [6.45, 7) is 5.70. The minimum absolute atomic E-state index is 0.104. The lowest BCUT2D eigenvalue weighted by atomic mass is 9.96. The highest BCUT2D eigenvalue weighted by Crippen LogP contribution is 2.29. The lowest BCUT2D eigenvalue weighted by Crippen LogP contribution is -2.56. The molecule has 5 nitrogen and oxygen atoms in total. The van der Waals surface area contributed by atoms with E-state index in [-0.39, 0.29) is 17.9 Å². The lowest BCUT2D eigenvalue weighted by molar-refractivity contribution is -0.139. The van der Waals surface area contributed by atoms with Crippen LogP contribution in [0.3, 0.4) is 0 Å². The van der Waals surface area contributed by atoms with Gasteiger partial charge < -0.3 is 10.2 Å². The number of rotatable bonds is 5. The molecule has 1 aliphatic carbocycles. The molecule has 2 aliphatic rings. The van der Waals surface area contributed by atoms with Crippen LogP contribution in [0, 0.1) is 5.92 Å². The first-order valence-electron chi connectivity index (χ1n) is 9.45. The van der Waals surface area contributed by atoms with Crippen LogP contribution in [-0.4, -0.2) is 53.8 Å². The Hall–Kier alpha value is -1.88. The quantitative estimate of drug-likeness (QED) is 0.890. The largest absolute Gasteiger partial charge is 0.344 e. The summed E-state index contributed by atoms with van der Waals surface area (Å²) in [6, 6.07) is 10.1. The normalized spacial score (nSPS) is 20.4. The number of nitrogens with zero attached hydrogens (tertiary/aromatic N) is 2. The third-order valence-corrected chi connectivity index (χ3v) is 5.43. The van der Waals surface area contributed by atoms with Gasteiger partial charge in [-0.25, -0.2) is 0 Å². The van der Waals surface area contributed by atoms with Crippen LogP contribution in [0.25, 0.3) is 0 Å². The molecule has 0 bridgehead atoms. The Morgan fingerprint density at radius 2 is 1.72 bits per heavy atom. The number of carbonyl (C=O) groups is 2. The van der Waals surface area contributed by atoms with Crippen LogP contribution in [-0.2, 0) is 16.1 Å². The number of amides is 2. The second-order valence-corrected chi connectivity index (χ2v) is 7.31. The maximum absolute atomic E-state index is 13.0. The van der Waals surface area contributed by atoms with Crippen molar-refractivity contribution in [2.24, 2.45) is 5.92 Å². The van der Waals surface area contributed by atoms with Gasteiger partial charge in [-0.2, -0.15) is 0 Å². The smallest absolute Gasteiger partial charge is 0.245 e. The number of benzene rings is 1. The number of carbonyl (C=O) groups excluding carboxylic acids is 2. The Balaban J connectivity index is 1.55. The predicted octanol–water partition coefficient (Wildman–Crippen LogP) is 2.03. The van der Waals surface area contributed by atoms with Crippen molar-refractivity contribution in [2.45, 2.75) is 45.2 Å². The minimum Gasteiger partial charge on any atom is -0.344 e. The Labute approximate surface area is 150 Å². The van der Waals surface area contributed by atoms with Crippen LogP contribution in [0.4, 0.5) is 0 Å². The van der Waals surface area contributed by atoms with Crippen LogP contribution < -0.4 is 5.32 Å². The van der Waals surface area contributed by atoms with Gasteiger partial charge in [-0.15, -0.1) is 0 Å². The first-order valence-corrected chi connectivity index (χ1v) is 9.45. The molecule has 1 aromatic rings. The van der Waals surface area contributed by atoms with E-state index in [2.05, 4.69) is 34.5 Å². The van der Waals surface area contributed by atoms with Crippen LogP contribution >= 0.6 is 0 Å². The van der Waals surface area contributed by atoms with Crippen molar-refractivity contribution in [3.63, 3.8) is 0 Å². The maximum atomic E-state index is 13.0. The van der Waals surface area contributed by atoms with E-state index >= 15 is 0 Å². The first kappa shape index (κ1) is 17.9. The summed E-state index contributed by atoms with van der Waals surface area (Å²) in [7, 11) is 0. The molecule has 1 N–H and O–H groups in total. The van der Waals surface area contributed by atoms with Crippen molar-refractivity contribution in [3.05, 3.63) is 35.9 Å². The third-order valence-electron chi connectivity index (χ3n) is 5.43. The van der Waals surface area contributed by atoms with E-state index in [4.69, 9.17) is 0 Å². The van der Waals surface area contributed by atoms with Crippen molar-refractivity contribution in [1.29, 1.82) is 0 Å². The first-order chi connectivity index (χ1) is 12.1. The fraction of sp³-hybridized carbons (Fsp3) is 0.600. The summed E-state index contributed by atoms with van der Waals surface area (Å²) >= 11 is 0. The van der Waals surface area contributed by atoms with Crippen molar-refractivity contribution in [2.75, 3.05) is 26.2 Å². The van der Waals surface area contributed by atoms with E-state index in [1.165, 1.54) is 25.3 Å². The van der Waals surface area contributed by atoms with Gasteiger partial charge in [0.2, 0.25) is 11.8 Å². The number of hydrogen-bond donors (Lipinski definition) is 1. The zero-order valence-electron chi connectivity index (χ0n) is 15.1. The third kappa shape index (κ3) is 4.82. The standard InChI is InChI=1S/C20H29N3O2/c1-16(24)21-19(18-9-5-6-10-18)20(25)23-13-11-22(12-14-23)15-17-7-3-2-4-8-17/h2-4,7-8,18-19H,5-6,9-15H2,1H3,(H,21,24). The second kappa shape index (κ2) is 8.48. The van der Waals surface area contributed by atoms with Gasteiger partial charge in [-0.1, -0.05) is 43.2 Å². The topological polar surface area (TPSA) is 52.7 Å². The Morgan fingerprint density at radius 3 is 2.32 bits per heavy atom. The fourth-order valence-electron chi connectivity index (χ4n) is 4.06. The van der Waals surface area contributed by atoms with Gasteiger partial charge in [0.1, 0.15) is 6.04 Å². The molecule has 1 saturated heterocycles. The van der Waals surface area contributed by atoms with Gasteiger partial charge in [0.05, 0.1) is 0 Å². The molecule has 1 aliphatic heterocycles. The number of hydrogen-bond acceptors (Lipinski definition) is 3. The van der Waals surface area contributed by atoms with Crippen LogP contribution in [0.15, 0.2) is 30.3 Å². The summed E-state index contributed by atoms with van der Waals surface area (Å²) in [5.74, 6) is 0.313. The van der Waals surface area contributed by atoms with Crippen molar-refractivity contribution in [3.8, 4) is 0 Å². The van der Waals surface area contributed by atoms with E-state index < -0.39 is 0 Å². The molecule has 3 rings (SSSR count). The maximum Gasteiger partial charge on any atom is 0.245 e. The molecule has 0 spiro atoms. The highest BCUT2D eigenvalue weighted by Gasteiger charge is 2.35. The van der Waals surface area contributed by atoms with E-state index in [9.17, 15) is 9.59 Å². The molecule has 0 radical (unpaired) electrons. The van der Waals surface area contributed by atoms with Gasteiger partial charge in [0.25, 0.3) is 0 Å². The van der Waals surface area contributed by atoms with E-state index in [1.807, 2.05) is 11.0 Å². The van der Waals surface area contributed by atoms with Gasteiger partial charge in [0, 0.05) is 39.6 Å². The molecular weight excluding hydrogens is 314 g/mol. The summed E-state index contributed by atoms with van der Waals surface area (Å²) in [5.41, 5.74) is 1.31. The second-order valence-electron chi connectivity index (χ2n) is 7.31. The van der Waals surface area contributed by atoms with Crippen molar-refractivity contribution < 1.29 is 9.59 Å². The van der Waals surface area contributed by atoms with E-state index in [0.29, 0.717) is 5.92 Å². The molecule has 25 heavy (non-hydrogen) atoms. The van der Waals surface area contributed by atoms with Crippen LogP contribution in [0.2, 0.25) is 0 Å². The van der Waals surface area contributed by atoms with Crippen molar-refractivity contribution >= 4 is 11.8 Å². The Bertz CT molecular complexity index is 576. The molecule has 1 heterocycles. The highest BCUT2D eigenvalue weighted by molar-refractivity contribution is 5.87. The predicted molar refractivity (Wildman–Crippen MR) is 97.9 cm³/mol. The average molecular weight is 343 g/mol. The van der Waals surface area contributed by atoms with Gasteiger partial charge in [-0.3, -0.25) is 14.5 Å². The molecular formula is C20H29N3O2. The number of piperazine rings is 1. The zero-order valence-corrected chi connectivity index (χ0v) is 15.1. The molecule has 2 amide bonds. The summed E-state index contributed by atoms with van der Waals surface area (Å²) < 4.78 is 0. The zero-order chi connectivity index (χ0) is 17.6. The number of nitrogens with one attached hydrogen (secondary N) is 1. The van der Waals surface area contributed by atoms with Gasteiger partial charge >= 0.3 is 0 Å². The molecule has 1 unspecified atom stereocenters. The molecule has 1 saturated carbocycles. The van der Waals surface area contributed by atoms with Crippen molar-refractivity contribution in [1.82, 2.24) is 15.1 Å². The molecule has 1 atom stereocenters. The SMILES string of the molecule is CC(=O)NC(C(=O)N1CCN(Cc2ccccc2)CC1)C1CCCC1. The molecule has 5 heteroatoms. The van der Waals surface area contributed by atoms with Crippen LogP contribution in [0.1, 0.15) is 38.2 Å². The fourth-order valence-corrected chi connectivity index (χ4v) is 4.06. The summed E-state index contributed by atoms with van der Waals surface area (Å²) in [6.07, 6.45) is 4.42. The summed E-state index contributed by atoms with van der Waals surface area (Å²) in [4.78, 5) is 28.9. The molecule has 1 aromatic carbocycles. The molecule has 136 valence electrons. The Morgan fingerprint density at radius 1 is 1.08 bits per heavy atom. The van der Waals surface area contributed by atoms with E-state index in [0.717, 1.165) is 45.6 Å². The average Bonchev–Trinajstić information content (AvgIpc) is 3.15. The summed E-state index contributed by atoms with van der Waals surface area (Å²) in [5, 5.41) is 2.93. The lowest BCUT2D eigenvalue weighted by Gasteiger charge is -2.37. The monoisotopic (exact) mass is 343 g/mol. The highest BCUT2D eigenvalue weighted by atomic mass is 16.2.